The monoisotopic (exact) mass is 848 g/mol. The summed E-state index contributed by atoms with van der Waals surface area (Å²) in [6, 6.07) is 0. The minimum absolute atomic E-state index is 0.130. The summed E-state index contributed by atoms with van der Waals surface area (Å²) in [6.07, 6.45) is 17.9. The van der Waals surface area contributed by atoms with E-state index < -0.39 is 23.6 Å². The van der Waals surface area contributed by atoms with Crippen molar-refractivity contribution in [3.63, 3.8) is 0 Å². The van der Waals surface area contributed by atoms with Crippen molar-refractivity contribution in [2.75, 3.05) is 0 Å². The molecular formula is C20H40Cl5O4PbSb. The van der Waals surface area contributed by atoms with Crippen molar-refractivity contribution < 1.29 is 19.8 Å². The maximum atomic E-state index is 8.89. The van der Waals surface area contributed by atoms with Crippen molar-refractivity contribution in [3.8, 4) is 0 Å². The Labute approximate surface area is 222 Å². The van der Waals surface area contributed by atoms with Gasteiger partial charge in [0.05, 0.1) is 0 Å². The fraction of sp³-hybridized carbons (Fsp3) is 0.900. The van der Waals surface area contributed by atoms with Crippen LogP contribution < -0.4 is 10.2 Å². The van der Waals surface area contributed by atoms with E-state index in [2.05, 4.69) is 13.8 Å². The van der Waals surface area contributed by atoms with Crippen molar-refractivity contribution >= 4 is 92.0 Å². The number of halogens is 5. The van der Waals surface area contributed by atoms with Crippen LogP contribution in [0.3, 0.4) is 0 Å². The second kappa shape index (κ2) is 28.4. The number of carbonyl (C=O) groups is 2. The van der Waals surface area contributed by atoms with E-state index in [9.17, 15) is 0 Å². The maximum absolute atomic E-state index is 8.89. The van der Waals surface area contributed by atoms with Crippen molar-refractivity contribution in [1.29, 1.82) is 0 Å². The Balaban J connectivity index is -0.000000211. The van der Waals surface area contributed by atoms with Crippen LogP contribution in [0.5, 0.6) is 0 Å². The zero-order valence-corrected chi connectivity index (χ0v) is 29.6. The number of unbranched alkanes of at least 4 members (excludes halogenated alkanes) is 10. The van der Waals surface area contributed by atoms with Gasteiger partial charge in [0.25, 0.3) is 0 Å². The molecule has 0 aromatic rings. The molecule has 188 valence electrons. The predicted molar refractivity (Wildman–Crippen MR) is 139 cm³/mol. The molecule has 0 atom stereocenters. The van der Waals surface area contributed by atoms with Gasteiger partial charge in [-0.25, -0.2) is 0 Å². The number of carbonyl (C=O) groups excluding carboxylic acids is 2. The van der Waals surface area contributed by atoms with Crippen LogP contribution in [-0.4, -0.2) is 47.9 Å². The fourth-order valence-electron chi connectivity index (χ4n) is 2.19. The van der Waals surface area contributed by atoms with E-state index in [1.165, 1.54) is 64.2 Å². The zero-order valence-electron chi connectivity index (χ0n) is 19.4. The average Bonchev–Trinajstić information content (AvgIpc) is 2.56. The van der Waals surface area contributed by atoms with Crippen LogP contribution in [0.15, 0.2) is 0 Å². The number of hydrogen-bond donors (Lipinski definition) is 0. The molecule has 31 heavy (non-hydrogen) atoms. The molecule has 0 fully saturated rings. The van der Waals surface area contributed by atoms with Crippen molar-refractivity contribution in [1.82, 2.24) is 0 Å². The first-order valence-corrected chi connectivity index (χ1v) is 32.4. The van der Waals surface area contributed by atoms with Gasteiger partial charge in [0.1, 0.15) is 0 Å². The number of rotatable bonds is 14. The van der Waals surface area contributed by atoms with Gasteiger partial charge in [-0.3, -0.25) is 0 Å². The van der Waals surface area contributed by atoms with Gasteiger partial charge in [-0.05, 0) is 13.8 Å². The van der Waals surface area contributed by atoms with Crippen LogP contribution in [0.2, 0.25) is 7.96 Å². The third-order valence-electron chi connectivity index (χ3n) is 3.41. The van der Waals surface area contributed by atoms with Crippen LogP contribution in [0, 0.1) is 0 Å². The Hall–Kier alpha value is 2.13. The molecule has 0 rings (SSSR count). The first-order valence-electron chi connectivity index (χ1n) is 10.8. The van der Waals surface area contributed by atoms with Crippen LogP contribution in [0.4, 0.5) is 0 Å². The molecule has 0 spiro atoms. The van der Waals surface area contributed by atoms with Crippen LogP contribution in [0.1, 0.15) is 105 Å². The van der Waals surface area contributed by atoms with E-state index in [0.29, 0.717) is 0 Å². The Bertz CT molecular complexity index is 358. The van der Waals surface area contributed by atoms with E-state index >= 15 is 0 Å². The fourth-order valence-corrected chi connectivity index (χ4v) is 7.05. The van der Waals surface area contributed by atoms with Crippen molar-refractivity contribution in [2.24, 2.45) is 0 Å². The molecule has 0 heterocycles. The zero-order chi connectivity index (χ0) is 25.2. The molecule has 0 radical (unpaired) electrons. The van der Waals surface area contributed by atoms with Gasteiger partial charge in [-0.2, -0.15) is 0 Å². The molecule has 11 heteroatoms. The Morgan fingerprint density at radius 1 is 0.613 bits per heavy atom. The number of hydrogen-bond acceptors (Lipinski definition) is 4. The Morgan fingerprint density at radius 3 is 1.03 bits per heavy atom. The summed E-state index contributed by atoms with van der Waals surface area (Å²) >= 11 is -4.46. The molecule has 4 nitrogen and oxygen atoms in total. The second-order valence-corrected chi connectivity index (χ2v) is 50.7. The average molecular weight is 851 g/mol. The molecule has 0 saturated heterocycles. The van der Waals surface area contributed by atoms with E-state index in [-0.39, 0.29) is 24.2 Å². The molecule has 0 aromatic heterocycles. The Kier molecular flexibility index (Phi) is 36.9. The molecule has 0 bridgehead atoms. The molecular weight excluding hydrogens is 810 g/mol. The Morgan fingerprint density at radius 2 is 0.806 bits per heavy atom. The summed E-state index contributed by atoms with van der Waals surface area (Å²) in [4.78, 5) is 17.8. The quantitative estimate of drug-likeness (QED) is 0.142. The van der Waals surface area contributed by atoms with Gasteiger partial charge in [0, 0.05) is 11.9 Å². The van der Waals surface area contributed by atoms with Crippen molar-refractivity contribution in [3.05, 3.63) is 0 Å². The number of aliphatic carboxylic acids is 2. The summed E-state index contributed by atoms with van der Waals surface area (Å²) < 4.78 is 3.36. The molecule has 0 saturated carbocycles. The van der Waals surface area contributed by atoms with E-state index in [1.807, 2.05) is 0 Å². The normalized spacial score (nSPS) is 11.1. The molecule has 0 unspecified atom stereocenters. The topological polar surface area (TPSA) is 80.3 Å². The van der Waals surface area contributed by atoms with E-state index in [4.69, 9.17) is 63.9 Å². The summed E-state index contributed by atoms with van der Waals surface area (Å²) in [5.74, 6) is -2.17. The number of carboxylic acid groups (broad SMARTS) is 2. The third kappa shape index (κ3) is 112. The van der Waals surface area contributed by atoms with Gasteiger partial charge in [-0.1, -0.05) is 0 Å². The van der Waals surface area contributed by atoms with Gasteiger partial charge < -0.3 is 19.8 Å². The molecule has 0 N–H and O–H groups in total. The van der Waals surface area contributed by atoms with Gasteiger partial charge in [-0.15, -0.1) is 0 Å². The van der Waals surface area contributed by atoms with E-state index in [0.717, 1.165) is 13.8 Å². The van der Waals surface area contributed by atoms with Crippen molar-refractivity contribution in [2.45, 2.75) is 113 Å². The molecule has 0 aromatic carbocycles. The molecule has 0 aliphatic carbocycles. The first-order chi connectivity index (χ1) is 14.1. The molecule has 0 aliphatic heterocycles. The van der Waals surface area contributed by atoms with Crippen LogP contribution in [-0.2, 0) is 9.59 Å². The summed E-state index contributed by atoms with van der Waals surface area (Å²) in [5, 5.41) is 17.8. The predicted octanol–water partition coefficient (Wildman–Crippen LogP) is 6.83. The van der Waals surface area contributed by atoms with Crippen LogP contribution >= 0.6 is 44.1 Å². The minimum atomic E-state index is -4.33. The third-order valence-corrected chi connectivity index (χ3v) is 8.91. The number of carboxylic acids is 2. The van der Waals surface area contributed by atoms with Crippen LogP contribution in [0.25, 0.3) is 0 Å². The standard InChI is InChI=1S/2C8H17.2C2H4O2.5ClH.Pb.Sb/c2*1-3-5-7-8-6-4-2;2*1-2(3)4;;;;;;;/h2*1,3-8H2,2H3;2*1H3,(H,3,4);5*1H;;/q;;;;;;;;;+2;+5/p-7. The van der Waals surface area contributed by atoms with E-state index in [1.54, 1.807) is 20.8 Å². The molecule has 0 aliphatic rings. The van der Waals surface area contributed by atoms with Gasteiger partial charge in [0.15, 0.2) is 0 Å². The first kappa shape index (κ1) is 40.3. The molecule has 0 amide bonds. The summed E-state index contributed by atoms with van der Waals surface area (Å²) in [5.41, 5.74) is 0. The van der Waals surface area contributed by atoms with Gasteiger partial charge in [0.2, 0.25) is 0 Å². The summed E-state index contributed by atoms with van der Waals surface area (Å²) in [6.45, 7) is 6.55. The second-order valence-electron chi connectivity index (χ2n) is 6.91. The summed E-state index contributed by atoms with van der Waals surface area (Å²) in [7, 11) is 25.2. The SMILES string of the molecule is CC(=O)[O-].CC(=O)[O-].CCCCCCC[CH2][Pb+2][CH2]CCCCCCC.[Cl][Sb]([Cl])([Cl])([Cl])[Cl]. The van der Waals surface area contributed by atoms with Gasteiger partial charge >= 0.3 is 179 Å².